The van der Waals surface area contributed by atoms with E-state index in [1.807, 2.05) is 6.92 Å². The summed E-state index contributed by atoms with van der Waals surface area (Å²) in [7, 11) is -3.88. The average Bonchev–Trinajstić information content (AvgIpc) is 2.43. The van der Waals surface area contributed by atoms with Gasteiger partial charge in [-0.2, -0.15) is 9.30 Å². The fraction of sp³-hybridized carbons (Fsp3) is 0.462. The Kier molecular flexibility index (Phi) is 5.07. The predicted molar refractivity (Wildman–Crippen MR) is 80.7 cm³/mol. The normalized spacial score (nSPS) is 23.6. The van der Waals surface area contributed by atoms with Crippen LogP contribution >= 0.6 is 23.2 Å². The number of aliphatic imine (C=N–C) groups is 1. The maximum absolute atomic E-state index is 12.8. The molecule has 1 aromatic rings. The second-order valence-corrected chi connectivity index (χ2v) is 7.65. The molecule has 8 heteroatoms. The molecule has 1 aliphatic heterocycles. The van der Waals surface area contributed by atoms with Gasteiger partial charge in [-0.15, -0.1) is 0 Å². The first kappa shape index (κ1) is 16.5. The number of rotatable bonds is 3. The number of halogens is 2. The quantitative estimate of drug-likeness (QED) is 0.622. The van der Waals surface area contributed by atoms with Crippen LogP contribution in [0.4, 0.5) is 0 Å². The van der Waals surface area contributed by atoms with Gasteiger partial charge in [0.05, 0.1) is 5.02 Å². The Hall–Kier alpha value is -0.910. The third kappa shape index (κ3) is 3.30. The lowest BCUT2D eigenvalue weighted by atomic mass is 9.98. The molecule has 1 aliphatic rings. The second-order valence-electron chi connectivity index (χ2n) is 4.94. The lowest BCUT2D eigenvalue weighted by Gasteiger charge is -2.35. The van der Waals surface area contributed by atoms with Crippen molar-refractivity contribution >= 4 is 39.3 Å². The summed E-state index contributed by atoms with van der Waals surface area (Å²) >= 11 is 11.8. The van der Waals surface area contributed by atoms with Gasteiger partial charge in [-0.25, -0.2) is 13.2 Å². The lowest BCUT2D eigenvalue weighted by Crippen LogP contribution is -2.46. The third-order valence-electron chi connectivity index (χ3n) is 3.51. The van der Waals surface area contributed by atoms with E-state index >= 15 is 0 Å². The van der Waals surface area contributed by atoms with E-state index in [4.69, 9.17) is 23.2 Å². The second kappa shape index (κ2) is 6.46. The first-order valence-electron chi connectivity index (χ1n) is 6.42. The fourth-order valence-corrected chi connectivity index (χ4v) is 4.84. The van der Waals surface area contributed by atoms with Crippen LogP contribution in [0.25, 0.3) is 0 Å². The van der Waals surface area contributed by atoms with E-state index < -0.39 is 16.2 Å². The van der Waals surface area contributed by atoms with Crippen molar-refractivity contribution in [3.63, 3.8) is 0 Å². The Morgan fingerprint density at radius 1 is 1.38 bits per heavy atom. The Labute approximate surface area is 133 Å². The minimum atomic E-state index is -3.88. The summed E-state index contributed by atoms with van der Waals surface area (Å²) in [6.07, 6.45) is 2.20. The predicted octanol–water partition coefficient (Wildman–Crippen LogP) is 3.08. The number of sulfonamides is 1. The van der Waals surface area contributed by atoms with Gasteiger partial charge in [-0.05, 0) is 37.0 Å². The van der Waals surface area contributed by atoms with Gasteiger partial charge in [0.1, 0.15) is 11.1 Å². The summed E-state index contributed by atoms with van der Waals surface area (Å²) in [5.74, 6) is -0.0621. The SMILES string of the molecule is CC1CCCN(S(=O)(=O)c2cc(Cl)ccc2Cl)C1N=C=O. The molecule has 1 saturated heterocycles. The zero-order valence-electron chi connectivity index (χ0n) is 11.3. The van der Waals surface area contributed by atoms with Crippen molar-refractivity contribution in [1.29, 1.82) is 0 Å². The third-order valence-corrected chi connectivity index (χ3v) is 6.09. The standard InChI is InChI=1S/C13H14Cl2N2O3S/c1-9-3-2-6-17(13(9)16-8-18)21(19,20)12-7-10(14)4-5-11(12)15/h4-5,7,9,13H,2-3,6H2,1H3. The minimum Gasteiger partial charge on any atom is -0.211 e. The van der Waals surface area contributed by atoms with E-state index in [1.165, 1.54) is 28.6 Å². The van der Waals surface area contributed by atoms with Crippen LogP contribution in [0.15, 0.2) is 28.1 Å². The molecule has 21 heavy (non-hydrogen) atoms. The van der Waals surface area contributed by atoms with Crippen LogP contribution < -0.4 is 0 Å². The monoisotopic (exact) mass is 348 g/mol. The summed E-state index contributed by atoms with van der Waals surface area (Å²) in [6, 6.07) is 4.26. The van der Waals surface area contributed by atoms with Gasteiger partial charge in [0.25, 0.3) is 0 Å². The zero-order valence-corrected chi connectivity index (χ0v) is 13.6. The van der Waals surface area contributed by atoms with Crippen LogP contribution in [-0.2, 0) is 14.8 Å². The van der Waals surface area contributed by atoms with Crippen LogP contribution in [0.1, 0.15) is 19.8 Å². The van der Waals surface area contributed by atoms with Gasteiger partial charge in [0.15, 0.2) is 0 Å². The van der Waals surface area contributed by atoms with E-state index in [0.717, 1.165) is 6.42 Å². The highest BCUT2D eigenvalue weighted by molar-refractivity contribution is 7.89. The molecule has 2 rings (SSSR count). The number of benzene rings is 1. The van der Waals surface area contributed by atoms with Crippen LogP contribution in [-0.4, -0.2) is 31.5 Å². The van der Waals surface area contributed by atoms with Crippen molar-refractivity contribution in [3.8, 4) is 0 Å². The molecule has 0 radical (unpaired) electrons. The van der Waals surface area contributed by atoms with E-state index in [-0.39, 0.29) is 27.4 Å². The lowest BCUT2D eigenvalue weighted by molar-refractivity contribution is 0.194. The number of nitrogens with zero attached hydrogens (tertiary/aromatic N) is 2. The molecule has 0 aliphatic carbocycles. The molecule has 1 fully saturated rings. The van der Waals surface area contributed by atoms with Crippen LogP contribution in [0.2, 0.25) is 10.0 Å². The molecule has 5 nitrogen and oxygen atoms in total. The minimum absolute atomic E-state index is 0.0621. The maximum Gasteiger partial charge on any atom is 0.246 e. The van der Waals surface area contributed by atoms with Crippen molar-refractivity contribution in [2.24, 2.45) is 10.9 Å². The molecule has 0 aromatic heterocycles. The fourth-order valence-electron chi connectivity index (χ4n) is 2.44. The summed E-state index contributed by atoms with van der Waals surface area (Å²) in [5.41, 5.74) is 0. The molecule has 0 saturated carbocycles. The van der Waals surface area contributed by atoms with Crippen LogP contribution in [0, 0.1) is 5.92 Å². The summed E-state index contributed by atoms with van der Waals surface area (Å²) < 4.78 is 26.8. The van der Waals surface area contributed by atoms with Gasteiger partial charge in [0.2, 0.25) is 16.1 Å². The van der Waals surface area contributed by atoms with Crippen molar-refractivity contribution in [2.45, 2.75) is 30.8 Å². The molecular weight excluding hydrogens is 335 g/mol. The molecule has 0 amide bonds. The van der Waals surface area contributed by atoms with Gasteiger partial charge in [-0.3, -0.25) is 0 Å². The van der Waals surface area contributed by atoms with Crippen molar-refractivity contribution in [2.75, 3.05) is 6.54 Å². The largest absolute Gasteiger partial charge is 0.246 e. The average molecular weight is 349 g/mol. The Balaban J connectivity index is 2.50. The molecule has 0 bridgehead atoms. The summed E-state index contributed by atoms with van der Waals surface area (Å²) in [4.78, 5) is 14.2. The first-order chi connectivity index (χ1) is 9.87. The molecule has 114 valence electrons. The number of hydrogen-bond acceptors (Lipinski definition) is 4. The van der Waals surface area contributed by atoms with Gasteiger partial charge in [-0.1, -0.05) is 30.1 Å². The molecule has 2 unspecified atom stereocenters. The van der Waals surface area contributed by atoms with E-state index in [2.05, 4.69) is 4.99 Å². The first-order valence-corrected chi connectivity index (χ1v) is 8.61. The molecule has 0 spiro atoms. The summed E-state index contributed by atoms with van der Waals surface area (Å²) in [5, 5.41) is 0.366. The molecule has 2 atom stereocenters. The Morgan fingerprint density at radius 2 is 2.10 bits per heavy atom. The van der Waals surface area contributed by atoms with Gasteiger partial charge in [0, 0.05) is 11.6 Å². The molecule has 1 aromatic carbocycles. The molecule has 1 heterocycles. The summed E-state index contributed by atoms with van der Waals surface area (Å²) in [6.45, 7) is 2.14. The van der Waals surface area contributed by atoms with Crippen molar-refractivity contribution < 1.29 is 13.2 Å². The number of isocyanates is 1. The Morgan fingerprint density at radius 3 is 2.76 bits per heavy atom. The highest BCUT2D eigenvalue weighted by atomic mass is 35.5. The van der Waals surface area contributed by atoms with Crippen molar-refractivity contribution in [1.82, 2.24) is 4.31 Å². The van der Waals surface area contributed by atoms with E-state index in [1.54, 1.807) is 0 Å². The molecule has 0 N–H and O–H groups in total. The maximum atomic E-state index is 12.8. The number of carbonyl (C=O) groups excluding carboxylic acids is 1. The molecular formula is C13H14Cl2N2O3S. The van der Waals surface area contributed by atoms with Crippen molar-refractivity contribution in [3.05, 3.63) is 28.2 Å². The van der Waals surface area contributed by atoms with E-state index in [9.17, 15) is 13.2 Å². The van der Waals surface area contributed by atoms with Gasteiger partial charge < -0.3 is 0 Å². The highest BCUT2D eigenvalue weighted by Crippen LogP contribution is 2.33. The number of piperidine rings is 1. The van der Waals surface area contributed by atoms with Crippen LogP contribution in [0.3, 0.4) is 0 Å². The van der Waals surface area contributed by atoms with Crippen LogP contribution in [0.5, 0.6) is 0 Å². The number of hydrogen-bond donors (Lipinski definition) is 0. The van der Waals surface area contributed by atoms with Gasteiger partial charge >= 0.3 is 0 Å². The van der Waals surface area contributed by atoms with E-state index in [0.29, 0.717) is 6.42 Å². The zero-order chi connectivity index (χ0) is 15.6. The smallest absolute Gasteiger partial charge is 0.211 e. The topological polar surface area (TPSA) is 66.8 Å². The Bertz CT molecular complexity index is 687. The highest BCUT2D eigenvalue weighted by Gasteiger charge is 2.38.